The first-order valence-corrected chi connectivity index (χ1v) is 5.36. The molecule has 0 aliphatic rings. The quantitative estimate of drug-likeness (QED) is 0.299. The van der Waals surface area contributed by atoms with Gasteiger partial charge < -0.3 is 0 Å². The van der Waals surface area contributed by atoms with Crippen LogP contribution in [0.3, 0.4) is 0 Å². The van der Waals surface area contributed by atoms with Crippen molar-refractivity contribution in [1.82, 2.24) is 0 Å². The van der Waals surface area contributed by atoms with Crippen molar-refractivity contribution < 1.29 is 4.58 Å². The van der Waals surface area contributed by atoms with Crippen LogP contribution in [0.2, 0.25) is 0 Å². The predicted octanol–water partition coefficient (Wildman–Crippen LogP) is 3.08. The van der Waals surface area contributed by atoms with Crippen LogP contribution < -0.4 is 0 Å². The third-order valence-corrected chi connectivity index (χ3v) is 2.16. The van der Waals surface area contributed by atoms with Gasteiger partial charge in [0.05, 0.1) is 0 Å². The summed E-state index contributed by atoms with van der Waals surface area (Å²) in [6.45, 7) is 10.9. The van der Waals surface area contributed by atoms with E-state index in [-0.39, 0.29) is 0 Å². The van der Waals surface area contributed by atoms with Gasteiger partial charge >= 0.3 is 0 Å². The van der Waals surface area contributed by atoms with Crippen molar-refractivity contribution in [2.75, 3.05) is 13.1 Å². The second kappa shape index (κ2) is 8.76. The van der Waals surface area contributed by atoms with E-state index in [1.54, 1.807) is 0 Å². The monoisotopic (exact) mass is 170 g/mol. The van der Waals surface area contributed by atoms with E-state index in [0.717, 1.165) is 0 Å². The summed E-state index contributed by atoms with van der Waals surface area (Å²) in [5.41, 5.74) is 0. The van der Waals surface area contributed by atoms with Gasteiger partial charge in [0, 0.05) is 12.8 Å². The highest BCUT2D eigenvalue weighted by molar-refractivity contribution is 5.14. The first-order valence-electron chi connectivity index (χ1n) is 5.36. The number of nitrogens with zero attached hydrogens (tertiary/aromatic N) is 1. The molecule has 0 aromatic carbocycles. The molecule has 0 rings (SSSR count). The zero-order chi connectivity index (χ0) is 9.23. The van der Waals surface area contributed by atoms with E-state index in [1.807, 2.05) is 0 Å². The summed E-state index contributed by atoms with van der Waals surface area (Å²) in [7, 11) is 0. The SMILES string of the molecule is C=[N+](CCCCC)CCCCC. The molecule has 0 aromatic rings. The fourth-order valence-electron chi connectivity index (χ4n) is 1.28. The summed E-state index contributed by atoms with van der Waals surface area (Å²) in [5, 5.41) is 0. The Morgan fingerprint density at radius 3 is 1.58 bits per heavy atom. The third kappa shape index (κ3) is 7.77. The maximum Gasteiger partial charge on any atom is 0.142 e. The number of hydrogen-bond acceptors (Lipinski definition) is 0. The van der Waals surface area contributed by atoms with Crippen LogP contribution in [0.5, 0.6) is 0 Å². The van der Waals surface area contributed by atoms with Crippen molar-refractivity contribution in [2.45, 2.75) is 52.4 Å². The van der Waals surface area contributed by atoms with Gasteiger partial charge in [0.1, 0.15) is 19.8 Å². The molecule has 72 valence electrons. The largest absolute Gasteiger partial charge is 0.242 e. The van der Waals surface area contributed by atoms with E-state index in [1.165, 1.54) is 51.6 Å². The molecule has 0 atom stereocenters. The molecule has 0 unspecified atom stereocenters. The van der Waals surface area contributed by atoms with Gasteiger partial charge in [0.15, 0.2) is 0 Å². The highest BCUT2D eigenvalue weighted by Crippen LogP contribution is 1.97. The van der Waals surface area contributed by atoms with Crippen LogP contribution in [0.1, 0.15) is 52.4 Å². The minimum absolute atomic E-state index is 1.18. The van der Waals surface area contributed by atoms with Gasteiger partial charge in [-0.1, -0.05) is 26.7 Å². The maximum atomic E-state index is 4.01. The first-order chi connectivity index (χ1) is 5.81. The Bertz CT molecular complexity index is 95.6. The van der Waals surface area contributed by atoms with Crippen molar-refractivity contribution in [2.24, 2.45) is 0 Å². The summed E-state index contributed by atoms with van der Waals surface area (Å²) in [6.07, 6.45) is 7.93. The van der Waals surface area contributed by atoms with Crippen molar-refractivity contribution >= 4 is 6.72 Å². The molecule has 0 bridgehead atoms. The predicted molar refractivity (Wildman–Crippen MR) is 56.2 cm³/mol. The minimum atomic E-state index is 1.18. The second-order valence-electron chi connectivity index (χ2n) is 3.53. The molecule has 0 radical (unpaired) electrons. The van der Waals surface area contributed by atoms with Crippen LogP contribution in [0.4, 0.5) is 0 Å². The molecule has 1 heteroatoms. The number of rotatable bonds is 8. The lowest BCUT2D eigenvalue weighted by atomic mass is 10.2. The third-order valence-electron chi connectivity index (χ3n) is 2.16. The van der Waals surface area contributed by atoms with Crippen molar-refractivity contribution in [1.29, 1.82) is 0 Å². The van der Waals surface area contributed by atoms with Crippen LogP contribution in [-0.2, 0) is 0 Å². The summed E-state index contributed by atoms with van der Waals surface area (Å²) >= 11 is 0. The highest BCUT2D eigenvalue weighted by Gasteiger charge is 1.98. The molecule has 0 heterocycles. The summed E-state index contributed by atoms with van der Waals surface area (Å²) in [6, 6.07) is 0. The van der Waals surface area contributed by atoms with Crippen molar-refractivity contribution in [3.63, 3.8) is 0 Å². The Morgan fingerprint density at radius 2 is 1.25 bits per heavy atom. The Kier molecular flexibility index (Phi) is 8.52. The van der Waals surface area contributed by atoms with Gasteiger partial charge in [-0.3, -0.25) is 0 Å². The van der Waals surface area contributed by atoms with E-state index >= 15 is 0 Å². The molecule has 1 nitrogen and oxygen atoms in total. The summed E-state index contributed by atoms with van der Waals surface area (Å²) < 4.78 is 2.21. The lowest BCUT2D eigenvalue weighted by molar-refractivity contribution is -0.520. The molecule has 0 amide bonds. The zero-order valence-electron chi connectivity index (χ0n) is 8.81. The van der Waals surface area contributed by atoms with E-state index < -0.39 is 0 Å². The van der Waals surface area contributed by atoms with E-state index in [9.17, 15) is 0 Å². The standard InChI is InChI=1S/C11H24N/c1-4-6-8-10-12(3)11-9-7-5-2/h3-11H2,1-2H3/q+1. The molecule has 0 saturated heterocycles. The Balaban J connectivity index is 3.10. The fraction of sp³-hybridized carbons (Fsp3) is 0.909. The second-order valence-corrected chi connectivity index (χ2v) is 3.53. The van der Waals surface area contributed by atoms with Crippen LogP contribution in [0.15, 0.2) is 0 Å². The summed E-state index contributed by atoms with van der Waals surface area (Å²) in [4.78, 5) is 0. The summed E-state index contributed by atoms with van der Waals surface area (Å²) in [5.74, 6) is 0. The molecule has 0 aliphatic carbocycles. The molecular formula is C11H24N+. The van der Waals surface area contributed by atoms with E-state index in [0.29, 0.717) is 0 Å². The lowest BCUT2D eigenvalue weighted by Crippen LogP contribution is -2.12. The Labute approximate surface area is 77.5 Å². The Hall–Kier alpha value is -0.330. The van der Waals surface area contributed by atoms with Gasteiger partial charge in [-0.2, -0.15) is 0 Å². The van der Waals surface area contributed by atoms with Crippen LogP contribution >= 0.6 is 0 Å². The zero-order valence-corrected chi connectivity index (χ0v) is 8.81. The molecular weight excluding hydrogens is 146 g/mol. The van der Waals surface area contributed by atoms with E-state index in [4.69, 9.17) is 0 Å². The Morgan fingerprint density at radius 1 is 0.833 bits per heavy atom. The topological polar surface area (TPSA) is 3.01 Å². The van der Waals surface area contributed by atoms with Crippen molar-refractivity contribution in [3.8, 4) is 0 Å². The first kappa shape index (κ1) is 11.7. The highest BCUT2D eigenvalue weighted by atomic mass is 15.0. The normalized spacial score (nSPS) is 10.2. The van der Waals surface area contributed by atoms with Gasteiger partial charge in [-0.15, -0.1) is 0 Å². The van der Waals surface area contributed by atoms with Gasteiger partial charge in [-0.25, -0.2) is 4.58 Å². The average molecular weight is 170 g/mol. The van der Waals surface area contributed by atoms with Crippen LogP contribution in [0.25, 0.3) is 0 Å². The molecule has 0 spiro atoms. The van der Waals surface area contributed by atoms with Crippen LogP contribution in [0, 0.1) is 0 Å². The number of unbranched alkanes of at least 4 members (excludes halogenated alkanes) is 4. The van der Waals surface area contributed by atoms with Gasteiger partial charge in [0.25, 0.3) is 0 Å². The smallest absolute Gasteiger partial charge is 0.142 e. The molecule has 12 heavy (non-hydrogen) atoms. The lowest BCUT2D eigenvalue weighted by Gasteiger charge is -2.00. The average Bonchev–Trinajstić information content (AvgIpc) is 2.06. The molecule has 0 saturated carbocycles. The molecule has 0 N–H and O–H groups in total. The molecule has 0 aliphatic heterocycles. The van der Waals surface area contributed by atoms with Crippen LogP contribution in [-0.4, -0.2) is 24.4 Å². The van der Waals surface area contributed by atoms with Crippen molar-refractivity contribution in [3.05, 3.63) is 0 Å². The number of hydrogen-bond donors (Lipinski definition) is 0. The maximum absolute atomic E-state index is 4.01. The molecule has 0 aromatic heterocycles. The fourth-order valence-corrected chi connectivity index (χ4v) is 1.28. The molecule has 0 fully saturated rings. The van der Waals surface area contributed by atoms with Gasteiger partial charge in [-0.05, 0) is 12.8 Å². The minimum Gasteiger partial charge on any atom is -0.242 e. The van der Waals surface area contributed by atoms with Gasteiger partial charge in [0.2, 0.25) is 0 Å². The van der Waals surface area contributed by atoms with E-state index in [2.05, 4.69) is 25.1 Å².